The molecule has 0 radical (unpaired) electrons. The van der Waals surface area contributed by atoms with Crippen LogP contribution in [0.15, 0.2) is 28.2 Å². The van der Waals surface area contributed by atoms with Crippen molar-refractivity contribution in [2.45, 2.75) is 43.8 Å². The van der Waals surface area contributed by atoms with Crippen molar-refractivity contribution in [1.82, 2.24) is 10.2 Å². The maximum Gasteiger partial charge on any atom is 0.253 e. The first kappa shape index (κ1) is 17.8. The van der Waals surface area contributed by atoms with E-state index in [1.54, 1.807) is 0 Å². The van der Waals surface area contributed by atoms with Crippen LogP contribution in [-0.2, 0) is 4.79 Å². The topological polar surface area (TPSA) is 41.6 Å². The molecule has 2 fully saturated rings. The molecule has 2 atom stereocenters. The van der Waals surface area contributed by atoms with Crippen molar-refractivity contribution < 1.29 is 9.53 Å². The lowest BCUT2D eigenvalue weighted by atomic mass is 9.97. The van der Waals surface area contributed by atoms with E-state index in [-0.39, 0.29) is 18.3 Å². The van der Waals surface area contributed by atoms with E-state index in [1.165, 1.54) is 12.8 Å². The lowest BCUT2D eigenvalue weighted by molar-refractivity contribution is -0.128. The van der Waals surface area contributed by atoms with E-state index >= 15 is 0 Å². The van der Waals surface area contributed by atoms with Gasteiger partial charge in [0, 0.05) is 35.2 Å². The second-order valence-corrected chi connectivity index (χ2v) is 7.74. The Morgan fingerprint density at radius 1 is 1.29 bits per heavy atom. The second-order valence-electron chi connectivity index (χ2n) is 6.82. The summed E-state index contributed by atoms with van der Waals surface area (Å²) < 4.78 is 6.75. The fourth-order valence-corrected chi connectivity index (χ4v) is 4.39. The largest absolute Gasteiger partial charge is 0.488 e. The van der Waals surface area contributed by atoms with E-state index < -0.39 is 0 Å². The number of amides is 1. The SMILES string of the molecule is CN(C(=O)C1=Cc2cc(Br)ccc2OC1)C1CC2CCC(C1)N2.Cl. The lowest BCUT2D eigenvalue weighted by Crippen LogP contribution is -2.49. The van der Waals surface area contributed by atoms with Crippen molar-refractivity contribution in [3.63, 3.8) is 0 Å². The number of fused-ring (bicyclic) bond motifs is 3. The highest BCUT2D eigenvalue weighted by atomic mass is 79.9. The molecule has 3 aliphatic rings. The monoisotopic (exact) mass is 412 g/mol. The highest BCUT2D eigenvalue weighted by Crippen LogP contribution is 2.32. The molecule has 0 aliphatic carbocycles. The fourth-order valence-electron chi connectivity index (χ4n) is 4.01. The number of rotatable bonds is 2. The average molecular weight is 414 g/mol. The zero-order valence-electron chi connectivity index (χ0n) is 13.6. The highest BCUT2D eigenvalue weighted by molar-refractivity contribution is 9.10. The molecule has 0 aromatic heterocycles. The van der Waals surface area contributed by atoms with Crippen LogP contribution in [0.2, 0.25) is 0 Å². The van der Waals surface area contributed by atoms with E-state index in [2.05, 4.69) is 21.2 Å². The number of likely N-dealkylation sites (N-methyl/N-ethyl adjacent to an activating group) is 1. The van der Waals surface area contributed by atoms with Crippen LogP contribution in [0, 0.1) is 0 Å². The summed E-state index contributed by atoms with van der Waals surface area (Å²) in [7, 11) is 1.94. The van der Waals surface area contributed by atoms with Gasteiger partial charge in [0.05, 0.1) is 5.57 Å². The quantitative estimate of drug-likeness (QED) is 0.808. The van der Waals surface area contributed by atoms with Crippen LogP contribution >= 0.6 is 28.3 Å². The Morgan fingerprint density at radius 2 is 2.00 bits per heavy atom. The van der Waals surface area contributed by atoms with Crippen LogP contribution in [0.5, 0.6) is 5.75 Å². The fraction of sp³-hybridized carbons (Fsp3) is 0.500. The zero-order valence-corrected chi connectivity index (χ0v) is 16.0. The van der Waals surface area contributed by atoms with E-state index in [4.69, 9.17) is 4.74 Å². The van der Waals surface area contributed by atoms with Crippen molar-refractivity contribution in [3.05, 3.63) is 33.8 Å². The maximum absolute atomic E-state index is 12.9. The number of carbonyl (C=O) groups excluding carboxylic acids is 1. The number of ether oxygens (including phenoxy) is 1. The predicted molar refractivity (Wildman–Crippen MR) is 101 cm³/mol. The molecule has 1 N–H and O–H groups in total. The molecule has 1 amide bonds. The standard InChI is InChI=1S/C18H21BrN2O2.ClH/c1-21(16-8-14-3-4-15(9-16)20-14)18(22)12-6-11-7-13(19)2-5-17(11)23-10-12;/h2,5-7,14-16,20H,3-4,8-10H2,1H3;1H. The number of hydrogen-bond donors (Lipinski definition) is 1. The number of nitrogens with one attached hydrogen (secondary N) is 1. The number of nitrogens with zero attached hydrogens (tertiary/aromatic N) is 1. The molecule has 6 heteroatoms. The minimum Gasteiger partial charge on any atom is -0.488 e. The van der Waals surface area contributed by atoms with Gasteiger partial charge < -0.3 is 15.0 Å². The van der Waals surface area contributed by atoms with Gasteiger partial charge in [0.25, 0.3) is 5.91 Å². The molecule has 1 aromatic carbocycles. The first-order chi connectivity index (χ1) is 11.1. The molecule has 0 saturated carbocycles. The first-order valence-corrected chi connectivity index (χ1v) is 9.05. The van der Waals surface area contributed by atoms with Crippen LogP contribution in [0.4, 0.5) is 0 Å². The Bertz CT molecular complexity index is 667. The second kappa shape index (κ2) is 7.06. The Kier molecular flexibility index (Phi) is 5.23. The van der Waals surface area contributed by atoms with E-state index in [9.17, 15) is 4.79 Å². The van der Waals surface area contributed by atoms with Gasteiger partial charge in [0.1, 0.15) is 12.4 Å². The third-order valence-corrected chi connectivity index (χ3v) is 5.77. The van der Waals surface area contributed by atoms with Crippen molar-refractivity contribution >= 4 is 40.3 Å². The maximum atomic E-state index is 12.9. The van der Waals surface area contributed by atoms with Crippen LogP contribution < -0.4 is 10.1 Å². The molecule has 2 bridgehead atoms. The first-order valence-electron chi connectivity index (χ1n) is 8.26. The summed E-state index contributed by atoms with van der Waals surface area (Å²) in [5.74, 6) is 0.939. The number of carbonyl (C=O) groups is 1. The van der Waals surface area contributed by atoms with Gasteiger partial charge in [-0.3, -0.25) is 4.79 Å². The Balaban J connectivity index is 0.00000169. The molecule has 130 valence electrons. The Labute approximate surface area is 157 Å². The van der Waals surface area contributed by atoms with Gasteiger partial charge in [0.2, 0.25) is 0 Å². The lowest BCUT2D eigenvalue weighted by Gasteiger charge is -2.36. The summed E-state index contributed by atoms with van der Waals surface area (Å²) in [6.45, 7) is 0.357. The van der Waals surface area contributed by atoms with Crippen LogP contribution in [-0.4, -0.2) is 42.6 Å². The van der Waals surface area contributed by atoms with Crippen LogP contribution in [0.1, 0.15) is 31.2 Å². The highest BCUT2D eigenvalue weighted by Gasteiger charge is 2.37. The molecular weight excluding hydrogens is 392 g/mol. The van der Waals surface area contributed by atoms with E-state index in [0.29, 0.717) is 24.7 Å². The molecule has 2 unspecified atom stereocenters. The Hall–Kier alpha value is -1.04. The normalized spacial score (nSPS) is 27.4. The number of piperidine rings is 1. The van der Waals surface area contributed by atoms with Crippen molar-refractivity contribution in [1.29, 1.82) is 0 Å². The van der Waals surface area contributed by atoms with Gasteiger partial charge in [-0.1, -0.05) is 15.9 Å². The summed E-state index contributed by atoms with van der Waals surface area (Å²) in [5.41, 5.74) is 1.71. The smallest absolute Gasteiger partial charge is 0.253 e. The van der Waals surface area contributed by atoms with Gasteiger partial charge in [-0.05, 0) is 50.0 Å². The van der Waals surface area contributed by atoms with Gasteiger partial charge >= 0.3 is 0 Å². The summed E-state index contributed by atoms with van der Waals surface area (Å²) >= 11 is 3.47. The molecule has 4 rings (SSSR count). The molecule has 3 aliphatic heterocycles. The summed E-state index contributed by atoms with van der Waals surface area (Å²) in [4.78, 5) is 14.8. The molecule has 0 spiro atoms. The Morgan fingerprint density at radius 3 is 2.71 bits per heavy atom. The molecule has 3 heterocycles. The molecule has 24 heavy (non-hydrogen) atoms. The van der Waals surface area contributed by atoms with Crippen molar-refractivity contribution in [2.24, 2.45) is 0 Å². The van der Waals surface area contributed by atoms with Crippen LogP contribution in [0.3, 0.4) is 0 Å². The third-order valence-electron chi connectivity index (χ3n) is 5.28. The molecular formula is C18H22BrClN2O2. The summed E-state index contributed by atoms with van der Waals surface area (Å²) in [6.07, 6.45) is 6.59. The predicted octanol–water partition coefficient (Wildman–Crippen LogP) is 3.39. The van der Waals surface area contributed by atoms with Gasteiger partial charge in [0.15, 0.2) is 0 Å². The average Bonchev–Trinajstić information content (AvgIpc) is 2.90. The van der Waals surface area contributed by atoms with Gasteiger partial charge in [-0.2, -0.15) is 0 Å². The molecule has 4 nitrogen and oxygen atoms in total. The third kappa shape index (κ3) is 3.35. The van der Waals surface area contributed by atoms with Crippen LogP contribution in [0.25, 0.3) is 6.08 Å². The van der Waals surface area contributed by atoms with Gasteiger partial charge in [-0.15, -0.1) is 12.4 Å². The number of benzene rings is 1. The van der Waals surface area contributed by atoms with Gasteiger partial charge in [-0.25, -0.2) is 0 Å². The van der Waals surface area contributed by atoms with Crippen molar-refractivity contribution in [3.8, 4) is 5.75 Å². The summed E-state index contributed by atoms with van der Waals surface area (Å²) in [6, 6.07) is 7.39. The zero-order chi connectivity index (χ0) is 16.0. The van der Waals surface area contributed by atoms with Crippen molar-refractivity contribution in [2.75, 3.05) is 13.7 Å². The molecule has 1 aromatic rings. The minimum atomic E-state index is 0. The minimum absolute atomic E-state index is 0. The molecule has 2 saturated heterocycles. The van der Waals surface area contributed by atoms with E-state index in [0.717, 1.165) is 34.2 Å². The van der Waals surface area contributed by atoms with E-state index in [1.807, 2.05) is 36.2 Å². The number of hydrogen-bond acceptors (Lipinski definition) is 3. The summed E-state index contributed by atoms with van der Waals surface area (Å²) in [5, 5.41) is 3.63. The number of halogens is 2.